The topological polar surface area (TPSA) is 86.9 Å². The van der Waals surface area contributed by atoms with Crippen LogP contribution in [0.25, 0.3) is 0 Å². The van der Waals surface area contributed by atoms with Crippen LogP contribution in [-0.2, 0) is 0 Å². The summed E-state index contributed by atoms with van der Waals surface area (Å²) >= 11 is 0. The third-order valence-electron chi connectivity index (χ3n) is 3.84. The van der Waals surface area contributed by atoms with Crippen molar-refractivity contribution in [2.45, 2.75) is 6.92 Å². The molecule has 3 rings (SSSR count). The van der Waals surface area contributed by atoms with Gasteiger partial charge in [-0.05, 0) is 31.2 Å². The van der Waals surface area contributed by atoms with Gasteiger partial charge in [0.25, 0.3) is 5.91 Å². The number of hydrogen-bond donors (Lipinski definition) is 1. The second kappa shape index (κ2) is 6.12. The zero-order chi connectivity index (χ0) is 16.4. The molecule has 3 heterocycles. The number of furan rings is 1. The molecule has 0 unspecified atom stereocenters. The quantitative estimate of drug-likeness (QED) is 0.926. The molecular weight excluding hydrogens is 298 g/mol. The summed E-state index contributed by atoms with van der Waals surface area (Å²) < 4.78 is 5.37. The zero-order valence-corrected chi connectivity index (χ0v) is 12.7. The summed E-state index contributed by atoms with van der Waals surface area (Å²) in [7, 11) is 0. The minimum absolute atomic E-state index is 0.105. The normalized spacial score (nSPS) is 14.8. The lowest BCUT2D eigenvalue weighted by Crippen LogP contribution is -2.49. The van der Waals surface area contributed by atoms with E-state index in [1.54, 1.807) is 30.0 Å². The smallest absolute Gasteiger partial charge is 0.337 e. The number of aromatic nitrogens is 1. The van der Waals surface area contributed by atoms with E-state index in [1.165, 1.54) is 12.3 Å². The van der Waals surface area contributed by atoms with Gasteiger partial charge in [-0.25, -0.2) is 9.78 Å². The molecule has 0 atom stereocenters. The fourth-order valence-corrected chi connectivity index (χ4v) is 2.54. The van der Waals surface area contributed by atoms with E-state index in [2.05, 4.69) is 4.98 Å². The van der Waals surface area contributed by atoms with E-state index in [0.717, 1.165) is 11.6 Å². The van der Waals surface area contributed by atoms with Crippen molar-refractivity contribution in [3.8, 4) is 0 Å². The molecule has 1 fully saturated rings. The summed E-state index contributed by atoms with van der Waals surface area (Å²) in [6.07, 6.45) is 1.35. The maximum absolute atomic E-state index is 12.3. The van der Waals surface area contributed by atoms with Crippen LogP contribution in [-0.4, -0.2) is 53.0 Å². The van der Waals surface area contributed by atoms with Gasteiger partial charge in [0, 0.05) is 32.4 Å². The number of hydrogen-bond acceptors (Lipinski definition) is 5. The molecule has 23 heavy (non-hydrogen) atoms. The van der Waals surface area contributed by atoms with Crippen molar-refractivity contribution in [3.63, 3.8) is 0 Å². The molecule has 1 saturated heterocycles. The zero-order valence-electron chi connectivity index (χ0n) is 12.7. The standard InChI is InChI=1S/C16H17N3O4/c1-11-2-4-13(23-11)15(20)19-8-6-18(7-9-19)14-5-3-12(10-17-14)16(21)22/h2-5,10H,6-9H2,1H3,(H,21,22). The van der Waals surface area contributed by atoms with Crippen LogP contribution in [0.2, 0.25) is 0 Å². The third kappa shape index (κ3) is 3.18. The highest BCUT2D eigenvalue weighted by Crippen LogP contribution is 2.16. The molecule has 7 nitrogen and oxygen atoms in total. The Labute approximate surface area is 133 Å². The maximum Gasteiger partial charge on any atom is 0.337 e. The molecule has 1 N–H and O–H groups in total. The molecule has 0 aromatic carbocycles. The van der Waals surface area contributed by atoms with Crippen LogP contribution in [0.4, 0.5) is 5.82 Å². The van der Waals surface area contributed by atoms with Gasteiger partial charge in [-0.15, -0.1) is 0 Å². The van der Waals surface area contributed by atoms with Gasteiger partial charge in [0.15, 0.2) is 5.76 Å². The number of pyridine rings is 1. The first-order chi connectivity index (χ1) is 11.0. The molecule has 2 aromatic rings. The van der Waals surface area contributed by atoms with Crippen LogP contribution in [0.5, 0.6) is 0 Å². The number of piperazine rings is 1. The molecule has 0 bridgehead atoms. The van der Waals surface area contributed by atoms with E-state index in [4.69, 9.17) is 9.52 Å². The second-order valence-electron chi connectivity index (χ2n) is 5.40. The van der Waals surface area contributed by atoms with Crippen LogP contribution in [0.1, 0.15) is 26.7 Å². The lowest BCUT2D eigenvalue weighted by Gasteiger charge is -2.35. The Morgan fingerprint density at radius 3 is 2.39 bits per heavy atom. The van der Waals surface area contributed by atoms with Crippen LogP contribution >= 0.6 is 0 Å². The fourth-order valence-electron chi connectivity index (χ4n) is 2.54. The number of nitrogens with zero attached hydrogens (tertiary/aromatic N) is 3. The van der Waals surface area contributed by atoms with Gasteiger partial charge in [-0.1, -0.05) is 0 Å². The van der Waals surface area contributed by atoms with Crippen molar-refractivity contribution in [1.82, 2.24) is 9.88 Å². The number of rotatable bonds is 3. The van der Waals surface area contributed by atoms with Crippen LogP contribution in [0.15, 0.2) is 34.9 Å². The first kappa shape index (κ1) is 15.1. The summed E-state index contributed by atoms with van der Waals surface area (Å²) in [6, 6.07) is 6.69. The Morgan fingerprint density at radius 1 is 1.13 bits per heavy atom. The molecule has 1 aliphatic rings. The summed E-state index contributed by atoms with van der Waals surface area (Å²) in [4.78, 5) is 31.1. The van der Waals surface area contributed by atoms with E-state index in [-0.39, 0.29) is 11.5 Å². The summed E-state index contributed by atoms with van der Waals surface area (Å²) in [5.74, 6) is 0.700. The van der Waals surface area contributed by atoms with Gasteiger partial charge in [0.2, 0.25) is 0 Å². The van der Waals surface area contributed by atoms with Crippen LogP contribution < -0.4 is 4.90 Å². The highest BCUT2D eigenvalue weighted by Gasteiger charge is 2.24. The van der Waals surface area contributed by atoms with Gasteiger partial charge in [-0.3, -0.25) is 4.79 Å². The number of carboxylic acid groups (broad SMARTS) is 1. The lowest BCUT2D eigenvalue weighted by atomic mass is 10.2. The predicted octanol–water partition coefficient (Wildman–Crippen LogP) is 1.64. The highest BCUT2D eigenvalue weighted by molar-refractivity contribution is 5.91. The van der Waals surface area contributed by atoms with E-state index in [0.29, 0.717) is 31.9 Å². The lowest BCUT2D eigenvalue weighted by molar-refractivity contribution is 0.0692. The van der Waals surface area contributed by atoms with E-state index < -0.39 is 5.97 Å². The van der Waals surface area contributed by atoms with Gasteiger partial charge in [0.1, 0.15) is 11.6 Å². The van der Waals surface area contributed by atoms with Crippen LogP contribution in [0.3, 0.4) is 0 Å². The Hall–Kier alpha value is -2.83. The average molecular weight is 315 g/mol. The molecular formula is C16H17N3O4. The predicted molar refractivity (Wildman–Crippen MR) is 82.8 cm³/mol. The fraction of sp³-hybridized carbons (Fsp3) is 0.312. The van der Waals surface area contributed by atoms with Gasteiger partial charge >= 0.3 is 5.97 Å². The Kier molecular flexibility index (Phi) is 4.01. The summed E-state index contributed by atoms with van der Waals surface area (Å²) in [5.41, 5.74) is 0.163. The number of aromatic carboxylic acids is 1. The minimum atomic E-state index is -0.992. The maximum atomic E-state index is 12.3. The number of amides is 1. The second-order valence-corrected chi connectivity index (χ2v) is 5.40. The van der Waals surface area contributed by atoms with E-state index in [9.17, 15) is 9.59 Å². The third-order valence-corrected chi connectivity index (χ3v) is 3.84. The number of carboxylic acids is 1. The molecule has 0 radical (unpaired) electrons. The molecule has 1 amide bonds. The molecule has 0 spiro atoms. The van der Waals surface area contributed by atoms with Crippen molar-refractivity contribution in [3.05, 3.63) is 47.5 Å². The van der Waals surface area contributed by atoms with Crippen molar-refractivity contribution in [2.75, 3.05) is 31.1 Å². The van der Waals surface area contributed by atoms with Gasteiger partial charge < -0.3 is 19.3 Å². The number of carbonyl (C=O) groups excluding carboxylic acids is 1. The first-order valence-corrected chi connectivity index (χ1v) is 7.34. The van der Waals surface area contributed by atoms with Crippen molar-refractivity contribution >= 4 is 17.7 Å². The Morgan fingerprint density at radius 2 is 1.87 bits per heavy atom. The number of anilines is 1. The van der Waals surface area contributed by atoms with Gasteiger partial charge in [-0.2, -0.15) is 0 Å². The Bertz CT molecular complexity index is 715. The average Bonchev–Trinajstić information content (AvgIpc) is 3.01. The minimum Gasteiger partial charge on any atom is -0.478 e. The molecule has 7 heteroatoms. The highest BCUT2D eigenvalue weighted by atomic mass is 16.4. The van der Waals surface area contributed by atoms with Crippen molar-refractivity contribution in [2.24, 2.45) is 0 Å². The van der Waals surface area contributed by atoms with Gasteiger partial charge in [0.05, 0.1) is 5.56 Å². The Balaban J connectivity index is 1.61. The van der Waals surface area contributed by atoms with Crippen molar-refractivity contribution in [1.29, 1.82) is 0 Å². The molecule has 0 aliphatic carbocycles. The molecule has 120 valence electrons. The van der Waals surface area contributed by atoms with Crippen molar-refractivity contribution < 1.29 is 19.1 Å². The largest absolute Gasteiger partial charge is 0.478 e. The molecule has 2 aromatic heterocycles. The summed E-state index contributed by atoms with van der Waals surface area (Å²) in [5, 5.41) is 8.89. The SMILES string of the molecule is Cc1ccc(C(=O)N2CCN(c3ccc(C(=O)O)cn3)CC2)o1. The molecule has 1 aliphatic heterocycles. The van der Waals surface area contributed by atoms with E-state index >= 15 is 0 Å². The molecule has 0 saturated carbocycles. The monoisotopic (exact) mass is 315 g/mol. The first-order valence-electron chi connectivity index (χ1n) is 7.34. The van der Waals surface area contributed by atoms with Crippen LogP contribution in [0, 0.1) is 6.92 Å². The number of aryl methyl sites for hydroxylation is 1. The van der Waals surface area contributed by atoms with E-state index in [1.807, 2.05) is 4.90 Å². The number of carbonyl (C=O) groups is 2. The summed E-state index contributed by atoms with van der Waals surface area (Å²) in [6.45, 7) is 4.23.